The van der Waals surface area contributed by atoms with Gasteiger partial charge in [-0.05, 0) is 12.5 Å². The fourth-order valence-corrected chi connectivity index (χ4v) is 1.53. The van der Waals surface area contributed by atoms with Crippen LogP contribution in [-0.2, 0) is 4.79 Å². The fourth-order valence-electron chi connectivity index (χ4n) is 1.53. The molecule has 0 aromatic heterocycles. The van der Waals surface area contributed by atoms with E-state index in [1.54, 1.807) is 30.3 Å². The molecule has 16 heavy (non-hydrogen) atoms. The monoisotopic (exact) mass is 223 g/mol. The molecule has 0 saturated carbocycles. The fraction of sp³-hybridized carbons (Fsp3) is 0.364. The summed E-state index contributed by atoms with van der Waals surface area (Å²) in [4.78, 5) is 21.0. The molecule has 5 nitrogen and oxygen atoms in total. The largest absolute Gasteiger partial charge is 0.384 e. The zero-order valence-electron chi connectivity index (χ0n) is 8.87. The lowest BCUT2D eigenvalue weighted by Gasteiger charge is -2.17. The van der Waals surface area contributed by atoms with Gasteiger partial charge < -0.3 is 5.11 Å². The summed E-state index contributed by atoms with van der Waals surface area (Å²) in [6.45, 7) is 0.769. The maximum Gasteiger partial charge on any atom is 0.213 e. The van der Waals surface area contributed by atoms with Crippen LogP contribution in [0.4, 0.5) is 0 Å². The highest BCUT2D eigenvalue weighted by Crippen LogP contribution is 2.20. The molecule has 0 heterocycles. The normalized spacial score (nSPS) is 14.1. The number of carbonyl (C=O) groups is 1. The molecule has 86 valence electrons. The minimum Gasteiger partial charge on any atom is -0.384 e. The number of benzene rings is 1. The lowest BCUT2D eigenvalue weighted by atomic mass is 9.91. The molecule has 0 aliphatic carbocycles. The van der Waals surface area contributed by atoms with E-state index in [2.05, 4.69) is 0 Å². The quantitative estimate of drug-likeness (QED) is 0.596. The van der Waals surface area contributed by atoms with E-state index < -0.39 is 29.3 Å². The van der Waals surface area contributed by atoms with E-state index in [0.29, 0.717) is 5.56 Å². The molecule has 5 heteroatoms. The number of aliphatic hydroxyl groups is 1. The molecule has 0 unspecified atom stereocenters. The summed E-state index contributed by atoms with van der Waals surface area (Å²) < 4.78 is 0. The summed E-state index contributed by atoms with van der Waals surface area (Å²) in [7, 11) is 0. The van der Waals surface area contributed by atoms with E-state index in [1.165, 1.54) is 6.92 Å². The first-order valence-electron chi connectivity index (χ1n) is 4.87. The van der Waals surface area contributed by atoms with Gasteiger partial charge in [0, 0.05) is 4.92 Å². The second kappa shape index (κ2) is 5.37. The van der Waals surface area contributed by atoms with Gasteiger partial charge in [0.25, 0.3) is 0 Å². The molecule has 0 saturated heterocycles. The van der Waals surface area contributed by atoms with Crippen LogP contribution in [0.25, 0.3) is 0 Å². The van der Waals surface area contributed by atoms with E-state index in [-0.39, 0.29) is 0 Å². The SMILES string of the molecule is CC(=O)[C@H](O)[C@H](C[N+](=O)[O-])c1ccccc1. The minimum absolute atomic E-state index is 0.454. The Morgan fingerprint density at radius 1 is 1.44 bits per heavy atom. The molecular weight excluding hydrogens is 210 g/mol. The number of carbonyl (C=O) groups excluding carboxylic acids is 1. The smallest absolute Gasteiger partial charge is 0.213 e. The second-order valence-corrected chi connectivity index (χ2v) is 3.59. The van der Waals surface area contributed by atoms with Crippen LogP contribution < -0.4 is 0 Å². The van der Waals surface area contributed by atoms with E-state index in [0.717, 1.165) is 0 Å². The predicted octanol–water partition coefficient (Wildman–Crippen LogP) is 0.997. The number of aliphatic hydroxyl groups excluding tert-OH is 1. The number of nitro groups is 1. The van der Waals surface area contributed by atoms with Gasteiger partial charge in [-0.1, -0.05) is 30.3 Å². The molecule has 0 fully saturated rings. The molecule has 1 aromatic carbocycles. The standard InChI is InChI=1S/C11H13NO4/c1-8(13)11(14)10(7-12(15)16)9-5-3-2-4-6-9/h2-6,10-11,14H,7H2,1H3/t10-,11+/m1/s1. The molecule has 1 aromatic rings. The molecule has 0 bridgehead atoms. The van der Waals surface area contributed by atoms with Gasteiger partial charge in [0.1, 0.15) is 6.10 Å². The van der Waals surface area contributed by atoms with Gasteiger partial charge >= 0.3 is 0 Å². The number of hydrogen-bond donors (Lipinski definition) is 1. The van der Waals surface area contributed by atoms with Gasteiger partial charge in [0.05, 0.1) is 5.92 Å². The molecule has 0 aliphatic rings. The topological polar surface area (TPSA) is 80.4 Å². The van der Waals surface area contributed by atoms with Crippen molar-refractivity contribution in [3.63, 3.8) is 0 Å². The molecular formula is C11H13NO4. The van der Waals surface area contributed by atoms with Gasteiger partial charge in [-0.2, -0.15) is 0 Å². The van der Waals surface area contributed by atoms with E-state index in [1.807, 2.05) is 0 Å². The molecule has 0 radical (unpaired) electrons. The number of ketones is 1. The molecule has 0 amide bonds. The number of nitrogens with zero attached hydrogens (tertiary/aromatic N) is 1. The first-order chi connectivity index (χ1) is 7.52. The van der Waals surface area contributed by atoms with Gasteiger partial charge in [-0.25, -0.2) is 0 Å². The van der Waals surface area contributed by atoms with E-state index in [9.17, 15) is 20.0 Å². The Morgan fingerprint density at radius 2 is 2.00 bits per heavy atom. The minimum atomic E-state index is -1.33. The summed E-state index contributed by atoms with van der Waals surface area (Å²) >= 11 is 0. The van der Waals surface area contributed by atoms with Gasteiger partial charge in [-0.15, -0.1) is 0 Å². The van der Waals surface area contributed by atoms with Crippen molar-refractivity contribution in [1.82, 2.24) is 0 Å². The summed E-state index contributed by atoms with van der Waals surface area (Å²) in [5, 5.41) is 20.1. The summed E-state index contributed by atoms with van der Waals surface area (Å²) in [6, 6.07) is 8.54. The highest BCUT2D eigenvalue weighted by atomic mass is 16.6. The zero-order valence-corrected chi connectivity index (χ0v) is 8.87. The van der Waals surface area contributed by atoms with Crippen LogP contribution in [-0.4, -0.2) is 28.5 Å². The van der Waals surface area contributed by atoms with Gasteiger partial charge in [0.2, 0.25) is 6.54 Å². The molecule has 1 rings (SSSR count). The van der Waals surface area contributed by atoms with E-state index >= 15 is 0 Å². The maximum absolute atomic E-state index is 11.1. The first-order valence-corrected chi connectivity index (χ1v) is 4.87. The van der Waals surface area contributed by atoms with Crippen molar-refractivity contribution in [2.75, 3.05) is 6.54 Å². The Labute approximate surface area is 92.9 Å². The van der Waals surface area contributed by atoms with Crippen LogP contribution in [0.2, 0.25) is 0 Å². The van der Waals surface area contributed by atoms with Crippen LogP contribution in [0.5, 0.6) is 0 Å². The zero-order chi connectivity index (χ0) is 12.1. The maximum atomic E-state index is 11.1. The number of Topliss-reactive ketones (excluding diaryl/α,β-unsaturated/α-hetero) is 1. The Hall–Kier alpha value is -1.75. The average Bonchev–Trinajstić information content (AvgIpc) is 2.26. The summed E-state index contributed by atoms with van der Waals surface area (Å²) in [5.41, 5.74) is 0.599. The van der Waals surface area contributed by atoms with Crippen molar-refractivity contribution in [1.29, 1.82) is 0 Å². The summed E-state index contributed by atoms with van der Waals surface area (Å²) in [5.74, 6) is -1.25. The number of hydrogen-bond acceptors (Lipinski definition) is 4. The van der Waals surface area contributed by atoms with Crippen molar-refractivity contribution in [2.45, 2.75) is 18.9 Å². The Kier molecular flexibility index (Phi) is 4.13. The highest BCUT2D eigenvalue weighted by molar-refractivity contribution is 5.81. The second-order valence-electron chi connectivity index (χ2n) is 3.59. The molecule has 2 atom stereocenters. The number of rotatable bonds is 5. The third-order valence-electron chi connectivity index (χ3n) is 2.37. The van der Waals surface area contributed by atoms with Crippen LogP contribution >= 0.6 is 0 Å². The van der Waals surface area contributed by atoms with Gasteiger partial charge in [0.15, 0.2) is 5.78 Å². The molecule has 0 spiro atoms. The van der Waals surface area contributed by atoms with Crippen molar-refractivity contribution in [2.24, 2.45) is 0 Å². The van der Waals surface area contributed by atoms with Crippen molar-refractivity contribution < 1.29 is 14.8 Å². The third-order valence-corrected chi connectivity index (χ3v) is 2.37. The van der Waals surface area contributed by atoms with Crippen LogP contribution in [0.1, 0.15) is 18.4 Å². The Balaban J connectivity index is 2.96. The van der Waals surface area contributed by atoms with E-state index in [4.69, 9.17) is 0 Å². The molecule has 1 N–H and O–H groups in total. The van der Waals surface area contributed by atoms with Crippen molar-refractivity contribution in [3.8, 4) is 0 Å². The highest BCUT2D eigenvalue weighted by Gasteiger charge is 2.29. The van der Waals surface area contributed by atoms with Crippen molar-refractivity contribution >= 4 is 5.78 Å². The third kappa shape index (κ3) is 3.13. The Bertz CT molecular complexity index is 377. The average molecular weight is 223 g/mol. The first kappa shape index (κ1) is 12.3. The summed E-state index contributed by atoms with van der Waals surface area (Å²) in [6.07, 6.45) is -1.33. The van der Waals surface area contributed by atoms with Gasteiger partial charge in [-0.3, -0.25) is 14.9 Å². The Morgan fingerprint density at radius 3 is 2.44 bits per heavy atom. The van der Waals surface area contributed by atoms with Crippen molar-refractivity contribution in [3.05, 3.63) is 46.0 Å². The van der Waals surface area contributed by atoms with Crippen LogP contribution in [0.15, 0.2) is 30.3 Å². The van der Waals surface area contributed by atoms with Crippen LogP contribution in [0.3, 0.4) is 0 Å². The lowest BCUT2D eigenvalue weighted by molar-refractivity contribution is -0.484. The van der Waals surface area contributed by atoms with Crippen LogP contribution in [0, 0.1) is 10.1 Å². The predicted molar refractivity (Wildman–Crippen MR) is 57.7 cm³/mol. The lowest BCUT2D eigenvalue weighted by Crippen LogP contribution is -2.30. The molecule has 0 aliphatic heterocycles.